The van der Waals surface area contributed by atoms with Crippen LogP contribution in [0.4, 0.5) is 33.6 Å². The lowest BCUT2D eigenvalue weighted by molar-refractivity contribution is -0.129. The van der Waals surface area contributed by atoms with E-state index < -0.39 is 0 Å². The molecule has 0 bridgehead atoms. The molecule has 3 amide bonds. The Morgan fingerprint density at radius 2 is 1.75 bits per heavy atom. The number of amides is 3. The van der Waals surface area contributed by atoms with Crippen molar-refractivity contribution in [2.24, 2.45) is 5.11 Å². The Morgan fingerprint density at radius 1 is 1.00 bits per heavy atom. The van der Waals surface area contributed by atoms with E-state index >= 15 is 0 Å². The molecule has 2 saturated heterocycles. The number of nitrogens with one attached hydrogen (secondary N) is 1. The highest BCUT2D eigenvalue weighted by Crippen LogP contribution is 2.39. The summed E-state index contributed by atoms with van der Waals surface area (Å²) < 4.78 is 22.0. The summed E-state index contributed by atoms with van der Waals surface area (Å²) in [5.41, 5.74) is 12.7. The molecule has 6 rings (SSSR count). The minimum absolute atomic E-state index is 0.0598. The summed E-state index contributed by atoms with van der Waals surface area (Å²) in [5.74, 6) is 1.54. The van der Waals surface area contributed by atoms with E-state index in [1.165, 1.54) is 5.69 Å². The Labute approximate surface area is 338 Å². The zero-order valence-electron chi connectivity index (χ0n) is 32.9. The third kappa shape index (κ3) is 10.7. The highest BCUT2D eigenvalue weighted by atomic mass is 35.5. The summed E-state index contributed by atoms with van der Waals surface area (Å²) >= 11 is 6.63. The van der Waals surface area contributed by atoms with Crippen molar-refractivity contribution in [3.05, 3.63) is 69.2 Å². The molecule has 4 heterocycles. The smallest absolute Gasteiger partial charge is 0.330 e. The van der Waals surface area contributed by atoms with Gasteiger partial charge in [-0.3, -0.25) is 19.5 Å². The van der Waals surface area contributed by atoms with Crippen LogP contribution >= 0.6 is 11.6 Å². The van der Waals surface area contributed by atoms with Crippen LogP contribution in [0.5, 0.6) is 5.75 Å². The first kappa shape index (κ1) is 41.7. The number of carbonyl (C=O) groups excluding carboxylic acids is 2. The van der Waals surface area contributed by atoms with Crippen molar-refractivity contribution in [3.8, 4) is 5.75 Å². The van der Waals surface area contributed by atoms with Gasteiger partial charge in [0.1, 0.15) is 11.6 Å². The number of urea groups is 1. The zero-order valence-corrected chi connectivity index (χ0v) is 33.7. The maximum absolute atomic E-state index is 14.4. The van der Waals surface area contributed by atoms with Gasteiger partial charge in [-0.25, -0.2) is 9.78 Å². The fourth-order valence-electron chi connectivity index (χ4n) is 7.30. The van der Waals surface area contributed by atoms with Crippen molar-refractivity contribution in [3.63, 3.8) is 0 Å². The number of ether oxygens (including phenoxy) is 4. The first-order valence-electron chi connectivity index (χ1n) is 19.5. The average molecular weight is 806 g/mol. The van der Waals surface area contributed by atoms with Gasteiger partial charge < -0.3 is 34.1 Å². The van der Waals surface area contributed by atoms with Crippen LogP contribution in [-0.4, -0.2) is 137 Å². The predicted molar refractivity (Wildman–Crippen MR) is 219 cm³/mol. The van der Waals surface area contributed by atoms with Crippen LogP contribution in [0.3, 0.4) is 0 Å². The number of anilines is 5. The molecule has 1 aromatic heterocycles. The van der Waals surface area contributed by atoms with Gasteiger partial charge in [-0.2, -0.15) is 4.98 Å². The minimum atomic E-state index is -0.268. The first-order valence-corrected chi connectivity index (χ1v) is 19.8. The van der Waals surface area contributed by atoms with E-state index in [9.17, 15) is 9.59 Å². The quantitative estimate of drug-likeness (QED) is 0.0689. The Bertz CT molecular complexity index is 1890. The molecule has 0 spiro atoms. The number of halogens is 1. The van der Waals surface area contributed by atoms with Crippen molar-refractivity contribution in [2.75, 3.05) is 119 Å². The second kappa shape index (κ2) is 20.5. The number of fused-ring (bicyclic) bond motifs is 1. The van der Waals surface area contributed by atoms with Gasteiger partial charge >= 0.3 is 6.03 Å². The standard InChI is InChI=1S/C39H52ClN11O6/c1-4-36(52)49-11-9-31(27-49)51-37-29(26-50(39(51)53)35-24-32(54-3)6-7-33(35)40)25-42-38(45-37)44-30-5-8-34(28(2)23-30)48-14-12-47(13-15-48)16-18-56-20-22-57-21-19-55-17-10-43-46-41/h5-8,23-25,31H,4,9-22,26-27H2,1-3H3,(H,42,44,45)/t31-/m0/s1. The number of rotatable bonds is 19. The Morgan fingerprint density at radius 3 is 2.47 bits per heavy atom. The number of hydrogen-bond acceptors (Lipinski definition) is 12. The number of piperazine rings is 1. The van der Waals surface area contributed by atoms with E-state index in [-0.39, 0.29) is 24.5 Å². The van der Waals surface area contributed by atoms with Crippen LogP contribution in [0.15, 0.2) is 47.7 Å². The second-order valence-corrected chi connectivity index (χ2v) is 14.4. The number of benzene rings is 2. The van der Waals surface area contributed by atoms with Crippen LogP contribution in [0.1, 0.15) is 30.9 Å². The number of likely N-dealkylation sites (tertiary alicyclic amines) is 1. The minimum Gasteiger partial charge on any atom is -0.497 e. The number of hydrogen-bond donors (Lipinski definition) is 1. The number of aryl methyl sites for hydroxylation is 1. The summed E-state index contributed by atoms with van der Waals surface area (Å²) in [4.78, 5) is 49.2. The van der Waals surface area contributed by atoms with Crippen LogP contribution in [0.2, 0.25) is 5.02 Å². The highest BCUT2D eigenvalue weighted by Gasteiger charge is 2.41. The van der Waals surface area contributed by atoms with Gasteiger partial charge in [0, 0.05) is 92.9 Å². The maximum Gasteiger partial charge on any atom is 0.330 e. The molecular formula is C39H52ClN11O6. The van der Waals surface area contributed by atoms with E-state index in [0.29, 0.717) is 100 Å². The fourth-order valence-corrected chi connectivity index (χ4v) is 7.52. The van der Waals surface area contributed by atoms with Gasteiger partial charge in [-0.1, -0.05) is 23.6 Å². The van der Waals surface area contributed by atoms with Gasteiger partial charge in [0.15, 0.2) is 0 Å². The van der Waals surface area contributed by atoms with Crippen LogP contribution in [-0.2, 0) is 25.5 Å². The van der Waals surface area contributed by atoms with Gasteiger partial charge in [-0.05, 0) is 54.8 Å². The summed E-state index contributed by atoms with van der Waals surface area (Å²) in [7, 11) is 1.57. The van der Waals surface area contributed by atoms with Crippen LogP contribution in [0, 0.1) is 6.92 Å². The van der Waals surface area contributed by atoms with Crippen molar-refractivity contribution in [2.45, 2.75) is 39.3 Å². The van der Waals surface area contributed by atoms with E-state index in [2.05, 4.69) is 49.2 Å². The van der Waals surface area contributed by atoms with Gasteiger partial charge in [0.2, 0.25) is 11.9 Å². The molecule has 2 fully saturated rings. The van der Waals surface area contributed by atoms with Crippen LogP contribution in [0.25, 0.3) is 10.4 Å². The number of nitrogens with zero attached hydrogens (tertiary/aromatic N) is 10. The molecule has 3 aliphatic rings. The Hall–Kier alpha value is -4.90. The Kier molecular flexibility index (Phi) is 15.0. The first-order chi connectivity index (χ1) is 27.8. The number of azide groups is 1. The normalized spacial score (nSPS) is 17.1. The molecule has 2 aromatic carbocycles. The summed E-state index contributed by atoms with van der Waals surface area (Å²) in [5, 5.41) is 7.21. The monoisotopic (exact) mass is 805 g/mol. The second-order valence-electron chi connectivity index (χ2n) is 14.0. The molecule has 17 nitrogen and oxygen atoms in total. The third-order valence-electron chi connectivity index (χ3n) is 10.3. The number of carbonyl (C=O) groups is 2. The van der Waals surface area contributed by atoms with Crippen molar-refractivity contribution in [1.82, 2.24) is 19.8 Å². The predicted octanol–water partition coefficient (Wildman–Crippen LogP) is 5.63. The molecule has 3 aromatic rings. The molecule has 306 valence electrons. The van der Waals surface area contributed by atoms with Crippen molar-refractivity contribution >= 4 is 52.4 Å². The highest BCUT2D eigenvalue weighted by molar-refractivity contribution is 6.34. The van der Waals surface area contributed by atoms with E-state index in [1.54, 1.807) is 41.3 Å². The SMILES string of the molecule is CCC(=O)N1CC[C@H](N2C(=O)N(c3cc(OC)ccc3Cl)Cc3cnc(Nc4ccc(N5CCN(CCOCCOCCOCCN=[N+]=[N-])CC5)c(C)c4)nc32)C1. The molecule has 3 aliphatic heterocycles. The lowest BCUT2D eigenvalue weighted by Gasteiger charge is -2.39. The number of methoxy groups -OCH3 is 1. The van der Waals surface area contributed by atoms with Crippen molar-refractivity contribution in [1.29, 1.82) is 0 Å². The molecular weight excluding hydrogens is 754 g/mol. The summed E-state index contributed by atoms with van der Waals surface area (Å²) in [6.45, 7) is 13.1. The van der Waals surface area contributed by atoms with Crippen molar-refractivity contribution < 1.29 is 28.5 Å². The molecule has 0 unspecified atom stereocenters. The van der Waals surface area contributed by atoms with E-state index in [0.717, 1.165) is 49.5 Å². The summed E-state index contributed by atoms with van der Waals surface area (Å²) in [6, 6.07) is 10.9. The zero-order chi connectivity index (χ0) is 40.1. The lowest BCUT2D eigenvalue weighted by Crippen LogP contribution is -2.53. The number of aromatic nitrogens is 2. The molecule has 1 N–H and O–H groups in total. The molecule has 0 radical (unpaired) electrons. The van der Waals surface area contributed by atoms with E-state index in [4.69, 9.17) is 41.1 Å². The Balaban J connectivity index is 1.04. The topological polar surface area (TPSA) is 174 Å². The third-order valence-corrected chi connectivity index (χ3v) is 10.6. The average Bonchev–Trinajstić information content (AvgIpc) is 3.71. The van der Waals surface area contributed by atoms with Gasteiger partial charge in [0.05, 0.1) is 70.0 Å². The molecule has 18 heteroatoms. The van der Waals surface area contributed by atoms with E-state index in [1.807, 2.05) is 17.9 Å². The summed E-state index contributed by atoms with van der Waals surface area (Å²) in [6.07, 6.45) is 2.79. The van der Waals surface area contributed by atoms with Gasteiger partial charge in [-0.15, -0.1) is 0 Å². The molecule has 0 aliphatic carbocycles. The maximum atomic E-state index is 14.4. The largest absolute Gasteiger partial charge is 0.497 e. The van der Waals surface area contributed by atoms with Gasteiger partial charge in [0.25, 0.3) is 0 Å². The lowest BCUT2D eigenvalue weighted by atomic mass is 10.1. The molecule has 0 saturated carbocycles. The molecule has 57 heavy (non-hydrogen) atoms. The fraction of sp³-hybridized carbons (Fsp3) is 0.538. The van der Waals surface area contributed by atoms with Crippen LogP contribution < -0.4 is 24.8 Å². The molecule has 1 atom stereocenters.